The van der Waals surface area contributed by atoms with E-state index in [9.17, 15) is 28.8 Å². The summed E-state index contributed by atoms with van der Waals surface area (Å²) in [5.41, 5.74) is 5.74. The maximum Gasteiger partial charge on any atom is 0.302 e. The van der Waals surface area contributed by atoms with Crippen LogP contribution in [0.25, 0.3) is 0 Å². The lowest BCUT2D eigenvalue weighted by atomic mass is 9.79. The summed E-state index contributed by atoms with van der Waals surface area (Å²) in [6.45, 7) is 27.3. The zero-order valence-corrected chi connectivity index (χ0v) is 55.2. The molecule has 0 spiro atoms. The molecule has 15 atom stereocenters. The van der Waals surface area contributed by atoms with Gasteiger partial charge in [0.1, 0.15) is 31.4 Å². The Hall–Kier alpha value is -3.18. The minimum Gasteiger partial charge on any atom is -0.463 e. The van der Waals surface area contributed by atoms with Crippen LogP contribution in [0.4, 0.5) is 0 Å². The van der Waals surface area contributed by atoms with Gasteiger partial charge in [-0.25, -0.2) is 0 Å². The molecule has 3 fully saturated rings. The molecule has 20 heteroatoms. The van der Waals surface area contributed by atoms with Crippen molar-refractivity contribution in [1.82, 2.24) is 5.32 Å². The third kappa shape index (κ3) is 31.0. The molecular weight excluding hydrogens is 1110 g/mol. The van der Waals surface area contributed by atoms with Crippen molar-refractivity contribution in [3.8, 4) is 0 Å². The first kappa shape index (κ1) is 77.1. The largest absolute Gasteiger partial charge is 0.463 e. The van der Waals surface area contributed by atoms with E-state index < -0.39 is 5.54 Å². The maximum atomic E-state index is 12.8. The van der Waals surface area contributed by atoms with Crippen LogP contribution in [-0.4, -0.2) is 164 Å². The lowest BCUT2D eigenvalue weighted by molar-refractivity contribution is -0.255. The highest BCUT2D eigenvalue weighted by atomic mass is 16.7. The topological polar surface area (TPSA) is 251 Å². The van der Waals surface area contributed by atoms with Crippen LogP contribution < -0.4 is 11.1 Å². The molecular formula is C66H118N2O18. The molecule has 0 aromatic heterocycles. The second kappa shape index (κ2) is 43.5. The number of amides is 1. The molecule has 1 amide bonds. The lowest BCUT2D eigenvalue weighted by Crippen LogP contribution is -2.53. The van der Waals surface area contributed by atoms with Crippen LogP contribution in [0, 0.1) is 53.3 Å². The zero-order chi connectivity index (χ0) is 63.4. The maximum absolute atomic E-state index is 12.8. The van der Waals surface area contributed by atoms with Gasteiger partial charge in [0, 0.05) is 97.0 Å². The van der Waals surface area contributed by atoms with E-state index in [1.165, 1.54) is 20.8 Å². The van der Waals surface area contributed by atoms with Crippen molar-refractivity contribution >= 4 is 35.4 Å². The molecule has 3 aliphatic rings. The van der Waals surface area contributed by atoms with Crippen molar-refractivity contribution in [1.29, 1.82) is 0 Å². The molecule has 500 valence electrons. The number of unbranched alkanes of at least 4 members (excludes halogenated alkanes) is 11. The Bertz CT molecular complexity index is 1700. The molecule has 3 rings (SSSR count). The zero-order valence-electron chi connectivity index (χ0n) is 55.2. The van der Waals surface area contributed by atoms with E-state index in [0.29, 0.717) is 57.0 Å². The van der Waals surface area contributed by atoms with Gasteiger partial charge in [-0.1, -0.05) is 114 Å². The molecule has 86 heavy (non-hydrogen) atoms. The third-order valence-electron chi connectivity index (χ3n) is 18.4. The van der Waals surface area contributed by atoms with Gasteiger partial charge in [-0.3, -0.25) is 28.8 Å². The molecule has 20 nitrogen and oxygen atoms in total. The number of ketones is 2. The van der Waals surface area contributed by atoms with Gasteiger partial charge in [0.15, 0.2) is 18.9 Å². The fourth-order valence-corrected chi connectivity index (χ4v) is 11.3. The van der Waals surface area contributed by atoms with E-state index in [-0.39, 0.29) is 187 Å². The fraction of sp³-hybridized carbons (Fsp3) is 0.909. The monoisotopic (exact) mass is 1230 g/mol. The van der Waals surface area contributed by atoms with Gasteiger partial charge in [-0.2, -0.15) is 0 Å². The Kier molecular flexibility index (Phi) is 39.0. The number of rotatable bonds is 47. The van der Waals surface area contributed by atoms with Gasteiger partial charge in [-0.05, 0) is 74.0 Å². The van der Waals surface area contributed by atoms with Gasteiger partial charge < -0.3 is 67.9 Å². The summed E-state index contributed by atoms with van der Waals surface area (Å²) in [4.78, 5) is 72.6. The summed E-state index contributed by atoms with van der Waals surface area (Å²) >= 11 is 0. The van der Waals surface area contributed by atoms with Gasteiger partial charge in [-0.15, -0.1) is 0 Å². The van der Waals surface area contributed by atoms with E-state index in [0.717, 1.165) is 89.9 Å². The predicted octanol–water partition coefficient (Wildman–Crippen LogP) is 10.0. The normalized spacial score (nSPS) is 28.3. The van der Waals surface area contributed by atoms with Crippen LogP contribution in [0.1, 0.15) is 205 Å². The quantitative estimate of drug-likeness (QED) is 0.0326. The van der Waals surface area contributed by atoms with E-state index in [2.05, 4.69) is 67.6 Å². The highest BCUT2D eigenvalue weighted by molar-refractivity contribution is 5.78. The number of ether oxygens (including phenoxy) is 12. The average Bonchev–Trinajstić information content (AvgIpc) is 1.72. The molecule has 0 saturated carbocycles. The van der Waals surface area contributed by atoms with E-state index in [1.807, 2.05) is 0 Å². The summed E-state index contributed by atoms with van der Waals surface area (Å²) in [7, 11) is 0. The van der Waals surface area contributed by atoms with Gasteiger partial charge in [0.2, 0.25) is 5.91 Å². The number of carbonyl (C=O) groups excluding carboxylic acids is 6. The van der Waals surface area contributed by atoms with Crippen LogP contribution in [0.5, 0.6) is 0 Å². The highest BCUT2D eigenvalue weighted by Crippen LogP contribution is 2.38. The molecule has 0 radical (unpaired) electrons. The summed E-state index contributed by atoms with van der Waals surface area (Å²) in [6.07, 6.45) is 12.8. The van der Waals surface area contributed by atoms with Gasteiger partial charge in [0.25, 0.3) is 0 Å². The Morgan fingerprint density at radius 3 is 1.01 bits per heavy atom. The van der Waals surface area contributed by atoms with Gasteiger partial charge in [0.05, 0.1) is 63.5 Å². The third-order valence-corrected chi connectivity index (χ3v) is 18.4. The summed E-state index contributed by atoms with van der Waals surface area (Å²) in [6, 6.07) is 0. The number of hydrogen-bond acceptors (Lipinski definition) is 19. The van der Waals surface area contributed by atoms with Crippen LogP contribution in [0.15, 0.2) is 0 Å². The predicted molar refractivity (Wildman–Crippen MR) is 326 cm³/mol. The molecule has 0 aromatic rings. The molecule has 3 saturated heterocycles. The van der Waals surface area contributed by atoms with Crippen LogP contribution in [-0.2, 0) is 85.6 Å². The van der Waals surface area contributed by atoms with E-state index >= 15 is 0 Å². The Morgan fingerprint density at radius 1 is 0.372 bits per heavy atom. The van der Waals surface area contributed by atoms with Crippen molar-refractivity contribution in [2.75, 3.05) is 85.8 Å². The summed E-state index contributed by atoms with van der Waals surface area (Å²) in [5.74, 6) is 1.69. The van der Waals surface area contributed by atoms with Crippen molar-refractivity contribution in [3.05, 3.63) is 0 Å². The number of nitrogens with two attached hydrogens (primary N) is 1. The van der Waals surface area contributed by atoms with Crippen molar-refractivity contribution in [3.63, 3.8) is 0 Å². The first-order valence-corrected chi connectivity index (χ1v) is 33.1. The molecule has 3 N–H and O–H groups in total. The minimum absolute atomic E-state index is 0.0546. The smallest absolute Gasteiger partial charge is 0.302 e. The Labute approximate surface area is 517 Å². The van der Waals surface area contributed by atoms with Crippen LogP contribution >= 0.6 is 0 Å². The Balaban J connectivity index is 1.32. The van der Waals surface area contributed by atoms with Gasteiger partial charge >= 0.3 is 17.9 Å². The first-order valence-electron chi connectivity index (χ1n) is 33.1. The van der Waals surface area contributed by atoms with E-state index in [4.69, 9.17) is 62.6 Å². The minimum atomic E-state index is -1.07. The van der Waals surface area contributed by atoms with Crippen molar-refractivity contribution in [2.24, 2.45) is 59.0 Å². The number of hydrogen-bond donors (Lipinski definition) is 2. The summed E-state index contributed by atoms with van der Waals surface area (Å²) < 4.78 is 70.6. The molecule has 0 bridgehead atoms. The lowest BCUT2D eigenvalue weighted by Gasteiger charge is -2.43. The standard InChI is InChI=1S/C66H118N2O18/c1-45-48(4)59(39-81-54(10)69)84-63(51(45)7)78-33-24-18-13-15-21-27-57(72)29-36-75-42-66(67,43-76-37-30-58(73)28-22-16-14-19-25-34-79-64-52(8)46(2)49(5)60(85-64)40-82-55(11)70)44-77-38-31-62(74)68-32-23-17-20-26-35-80-65-53(9)47(3)50(6)61(86-65)41-83-56(12)71/h45-53,59-61,63-65H,13-44,67H2,1-12H3,(H,68,74)/t45-,46-,47-,48+,49+,50+,51?,52?,53?,59?,60?,61?,63+,64+,65+,66?/m0/s1. The molecule has 0 aliphatic carbocycles. The molecule has 6 unspecified atom stereocenters. The average molecular weight is 1230 g/mol. The Morgan fingerprint density at radius 2 is 0.674 bits per heavy atom. The molecule has 3 aliphatic heterocycles. The van der Waals surface area contributed by atoms with Crippen molar-refractivity contribution in [2.45, 2.75) is 248 Å². The first-order chi connectivity index (χ1) is 41.0. The number of nitrogens with one attached hydrogen (secondary N) is 1. The van der Waals surface area contributed by atoms with E-state index in [1.54, 1.807) is 0 Å². The fourth-order valence-electron chi connectivity index (χ4n) is 11.3. The van der Waals surface area contributed by atoms with Crippen LogP contribution in [0.3, 0.4) is 0 Å². The number of carbonyl (C=O) groups is 6. The number of Topliss-reactive ketones (excluding diaryl/α,β-unsaturated/α-hetero) is 2. The van der Waals surface area contributed by atoms with Crippen molar-refractivity contribution < 1.29 is 85.6 Å². The van der Waals surface area contributed by atoms with Crippen LogP contribution in [0.2, 0.25) is 0 Å². The second-order valence-electron chi connectivity index (χ2n) is 25.5. The number of esters is 3. The molecule has 0 aromatic carbocycles. The second-order valence-corrected chi connectivity index (χ2v) is 25.5. The highest BCUT2D eigenvalue weighted by Gasteiger charge is 2.42. The SMILES string of the molecule is CC(=O)OCC1O[C@@H](OCCCCCCCC(=O)CCOCC(N)(COCCC(=O)CCCCCCCO[C@@H]2OC(COC(C)=O)[C@H](C)[C@H](C)C2C)COCCC(=O)NCCCCCCO[C@@H]2OC(COC(C)=O)[C@H](C)[C@H](C)C2C)C(C)[C@@H](C)[C@H]1C. The summed E-state index contributed by atoms with van der Waals surface area (Å²) in [5, 5.41) is 2.98. The molecule has 3 heterocycles.